The van der Waals surface area contributed by atoms with Crippen molar-refractivity contribution in [2.75, 3.05) is 11.6 Å². The monoisotopic (exact) mass is 188 g/mol. The molecule has 1 aromatic rings. The summed E-state index contributed by atoms with van der Waals surface area (Å²) in [6.45, 7) is 4.36. The first kappa shape index (κ1) is 8.94. The van der Waals surface area contributed by atoms with Gasteiger partial charge in [-0.1, -0.05) is 11.6 Å². The van der Waals surface area contributed by atoms with E-state index in [1.54, 1.807) is 6.92 Å². The smallest absolute Gasteiger partial charge is 0.161 e. The van der Waals surface area contributed by atoms with Crippen molar-refractivity contribution >= 4 is 17.7 Å². The van der Waals surface area contributed by atoms with Gasteiger partial charge in [0.2, 0.25) is 0 Å². The van der Waals surface area contributed by atoms with Crippen LogP contribution in [0.4, 0.5) is 5.69 Å². The van der Waals surface area contributed by atoms with Gasteiger partial charge in [-0.2, -0.15) is 5.10 Å². The van der Waals surface area contributed by atoms with Crippen LogP contribution in [0.15, 0.2) is 23.3 Å². The molecule has 72 valence electrons. The summed E-state index contributed by atoms with van der Waals surface area (Å²) in [5.41, 5.74) is 2.76. The van der Waals surface area contributed by atoms with E-state index < -0.39 is 0 Å². The summed E-state index contributed by atoms with van der Waals surface area (Å²) in [5, 5.41) is 5.90. The lowest BCUT2D eigenvalue weighted by atomic mass is 10.1. The Bertz CT molecular complexity index is 410. The van der Waals surface area contributed by atoms with Crippen molar-refractivity contribution < 1.29 is 4.79 Å². The van der Waals surface area contributed by atoms with Gasteiger partial charge in [-0.15, -0.1) is 0 Å². The molecule has 1 aliphatic rings. The van der Waals surface area contributed by atoms with Crippen molar-refractivity contribution in [3.63, 3.8) is 0 Å². The minimum Gasteiger partial charge on any atom is -0.294 e. The van der Waals surface area contributed by atoms with Crippen molar-refractivity contribution in [2.24, 2.45) is 5.10 Å². The van der Waals surface area contributed by atoms with Crippen LogP contribution in [0.2, 0.25) is 0 Å². The van der Waals surface area contributed by atoms with Gasteiger partial charge in [0.1, 0.15) is 0 Å². The summed E-state index contributed by atoms with van der Waals surface area (Å²) in [5.74, 6) is 0.0887. The number of hydrazone groups is 1. The van der Waals surface area contributed by atoms with E-state index in [1.807, 2.05) is 36.3 Å². The Morgan fingerprint density at radius 1 is 1.50 bits per heavy atom. The maximum Gasteiger partial charge on any atom is 0.161 e. The molecule has 0 aromatic heterocycles. The molecule has 0 bridgehead atoms. The van der Waals surface area contributed by atoms with Gasteiger partial charge in [-0.05, 0) is 26.0 Å². The van der Waals surface area contributed by atoms with E-state index in [2.05, 4.69) is 5.10 Å². The molecule has 14 heavy (non-hydrogen) atoms. The number of aryl methyl sites for hydroxylation is 1. The van der Waals surface area contributed by atoms with Gasteiger partial charge in [0, 0.05) is 11.8 Å². The Morgan fingerprint density at radius 2 is 2.21 bits per heavy atom. The number of carbonyl (C=O) groups excluding carboxylic acids is 1. The number of ketones is 1. The topological polar surface area (TPSA) is 32.7 Å². The second-order valence-corrected chi connectivity index (χ2v) is 3.46. The zero-order valence-electron chi connectivity index (χ0n) is 8.32. The highest BCUT2D eigenvalue weighted by atomic mass is 16.1. The lowest BCUT2D eigenvalue weighted by Gasteiger charge is -2.25. The Hall–Kier alpha value is -1.64. The third-order valence-corrected chi connectivity index (χ3v) is 2.29. The number of carbonyl (C=O) groups is 1. The Morgan fingerprint density at radius 3 is 2.71 bits per heavy atom. The van der Waals surface area contributed by atoms with Crippen LogP contribution in [0, 0.1) is 6.92 Å². The van der Waals surface area contributed by atoms with Gasteiger partial charge < -0.3 is 0 Å². The highest BCUT2D eigenvalue weighted by molar-refractivity contribution is 6.00. The van der Waals surface area contributed by atoms with Gasteiger partial charge in [0.05, 0.1) is 12.2 Å². The average Bonchev–Trinajstić information content (AvgIpc) is 2.04. The molecule has 0 amide bonds. The number of hydrogen-bond acceptors (Lipinski definition) is 3. The van der Waals surface area contributed by atoms with E-state index in [9.17, 15) is 4.79 Å². The predicted octanol–water partition coefficient (Wildman–Crippen LogP) is 2.00. The summed E-state index contributed by atoms with van der Waals surface area (Å²) in [6.07, 6.45) is 1.82. The van der Waals surface area contributed by atoms with Crippen LogP contribution in [-0.2, 0) is 0 Å². The highest BCUT2D eigenvalue weighted by Crippen LogP contribution is 2.24. The predicted molar refractivity (Wildman–Crippen MR) is 57.0 cm³/mol. The molecule has 3 nitrogen and oxygen atoms in total. The molecule has 0 fully saturated rings. The second kappa shape index (κ2) is 3.25. The Labute approximate surface area is 83.0 Å². The molecule has 1 aliphatic heterocycles. The number of nitrogens with zero attached hydrogens (tertiary/aromatic N) is 2. The third kappa shape index (κ3) is 1.41. The maximum absolute atomic E-state index is 11.4. The van der Waals surface area contributed by atoms with E-state index in [1.165, 1.54) is 0 Å². The molecular weight excluding hydrogens is 176 g/mol. The van der Waals surface area contributed by atoms with Crippen LogP contribution in [-0.4, -0.2) is 18.5 Å². The fourth-order valence-electron chi connectivity index (χ4n) is 1.48. The molecule has 0 N–H and O–H groups in total. The average molecular weight is 188 g/mol. The summed E-state index contributed by atoms with van der Waals surface area (Å²) < 4.78 is 0. The van der Waals surface area contributed by atoms with Crippen molar-refractivity contribution in [2.45, 2.75) is 13.8 Å². The normalized spacial score (nSPS) is 14.0. The van der Waals surface area contributed by atoms with E-state index >= 15 is 0 Å². The van der Waals surface area contributed by atoms with E-state index in [4.69, 9.17) is 0 Å². The van der Waals surface area contributed by atoms with Crippen molar-refractivity contribution in [3.8, 4) is 0 Å². The summed E-state index contributed by atoms with van der Waals surface area (Å²) in [7, 11) is 0. The van der Waals surface area contributed by atoms with Gasteiger partial charge in [0.15, 0.2) is 5.78 Å². The quantitative estimate of drug-likeness (QED) is 0.665. The maximum atomic E-state index is 11.4. The van der Waals surface area contributed by atoms with Gasteiger partial charge >= 0.3 is 0 Å². The second-order valence-electron chi connectivity index (χ2n) is 3.46. The molecule has 3 heteroatoms. The zero-order valence-corrected chi connectivity index (χ0v) is 8.32. The first-order valence-corrected chi connectivity index (χ1v) is 4.60. The molecular formula is C11H12N2O. The first-order chi connectivity index (χ1) is 6.68. The van der Waals surface area contributed by atoms with Crippen LogP contribution >= 0.6 is 0 Å². The first-order valence-electron chi connectivity index (χ1n) is 4.60. The van der Waals surface area contributed by atoms with E-state index in [0.29, 0.717) is 0 Å². The third-order valence-electron chi connectivity index (χ3n) is 2.29. The molecule has 0 unspecified atom stereocenters. The van der Waals surface area contributed by atoms with Gasteiger partial charge in [-0.3, -0.25) is 9.80 Å². The van der Waals surface area contributed by atoms with Crippen LogP contribution in [0.1, 0.15) is 22.8 Å². The van der Waals surface area contributed by atoms with Gasteiger partial charge in [-0.25, -0.2) is 0 Å². The minimum atomic E-state index is 0.0887. The van der Waals surface area contributed by atoms with Crippen molar-refractivity contribution in [3.05, 3.63) is 29.3 Å². The number of Topliss-reactive ketones (excluding diaryl/α,β-unsaturated/α-hetero) is 1. The highest BCUT2D eigenvalue weighted by Gasteiger charge is 2.16. The molecule has 0 saturated heterocycles. The summed E-state index contributed by atoms with van der Waals surface area (Å²) in [4.78, 5) is 11.4. The fraction of sp³-hybridized carbons (Fsp3) is 0.273. The standard InChI is InChI=1S/C11H12N2O/c1-8-3-4-11(13-6-5-12-13)10(7-8)9(2)14/h3-5,7H,6H2,1-2H3. The van der Waals surface area contributed by atoms with Crippen LogP contribution in [0.25, 0.3) is 0 Å². The van der Waals surface area contributed by atoms with Crippen LogP contribution in [0.5, 0.6) is 0 Å². The van der Waals surface area contributed by atoms with Crippen LogP contribution < -0.4 is 5.01 Å². The molecule has 0 atom stereocenters. The van der Waals surface area contributed by atoms with E-state index in [-0.39, 0.29) is 5.78 Å². The van der Waals surface area contributed by atoms with Crippen molar-refractivity contribution in [1.82, 2.24) is 0 Å². The van der Waals surface area contributed by atoms with Crippen molar-refractivity contribution in [1.29, 1.82) is 0 Å². The molecule has 1 heterocycles. The Kier molecular flexibility index (Phi) is 2.08. The summed E-state index contributed by atoms with van der Waals surface area (Å²) >= 11 is 0. The SMILES string of the molecule is CC(=O)c1cc(C)ccc1N1CC=N1. The van der Waals surface area contributed by atoms with Crippen LogP contribution in [0.3, 0.4) is 0 Å². The summed E-state index contributed by atoms with van der Waals surface area (Å²) in [6, 6.07) is 5.85. The molecule has 0 spiro atoms. The lowest BCUT2D eigenvalue weighted by molar-refractivity contribution is 0.101. The number of benzene rings is 1. The molecule has 2 rings (SSSR count). The lowest BCUT2D eigenvalue weighted by Crippen LogP contribution is -2.29. The number of hydrogen-bond donors (Lipinski definition) is 0. The van der Waals surface area contributed by atoms with Gasteiger partial charge in [0.25, 0.3) is 0 Å². The zero-order chi connectivity index (χ0) is 10.1. The number of rotatable bonds is 2. The Balaban J connectivity index is 2.47. The molecule has 0 aliphatic carbocycles. The number of anilines is 1. The largest absolute Gasteiger partial charge is 0.294 e. The molecule has 0 radical (unpaired) electrons. The fourth-order valence-corrected chi connectivity index (χ4v) is 1.48. The minimum absolute atomic E-state index is 0.0887. The van der Waals surface area contributed by atoms with E-state index in [0.717, 1.165) is 23.4 Å². The molecule has 1 aromatic carbocycles. The molecule has 0 saturated carbocycles.